The van der Waals surface area contributed by atoms with Crippen molar-refractivity contribution in [2.24, 2.45) is 0 Å². The predicted octanol–water partition coefficient (Wildman–Crippen LogP) is 4.10. The van der Waals surface area contributed by atoms with Crippen molar-refractivity contribution in [1.82, 2.24) is 0 Å². The van der Waals surface area contributed by atoms with Gasteiger partial charge >= 0.3 is 0 Å². The second-order valence-electron chi connectivity index (χ2n) is 5.06. The van der Waals surface area contributed by atoms with Gasteiger partial charge in [0, 0.05) is 16.4 Å². The summed E-state index contributed by atoms with van der Waals surface area (Å²) < 4.78 is 12.8. The average Bonchev–Trinajstić information content (AvgIpc) is 2.53. The van der Waals surface area contributed by atoms with Crippen LogP contribution in [-0.4, -0.2) is 23.3 Å². The van der Waals surface area contributed by atoms with Crippen molar-refractivity contribution >= 4 is 46.6 Å². The van der Waals surface area contributed by atoms with Crippen LogP contribution in [0.1, 0.15) is 5.56 Å². The molecule has 2 N–H and O–H groups in total. The largest absolute Gasteiger partial charge is 0.325 e. The molecule has 0 saturated carbocycles. The number of carbonyl (C=O) groups is 2. The lowest BCUT2D eigenvalue weighted by molar-refractivity contribution is -0.114. The number of hydrogen-bond acceptors (Lipinski definition) is 3. The molecule has 0 aliphatic rings. The molecule has 2 rings (SSSR count). The van der Waals surface area contributed by atoms with Gasteiger partial charge in [-0.2, -0.15) is 0 Å². The molecule has 7 heteroatoms. The zero-order chi connectivity index (χ0) is 17.5. The number of hydrogen-bond donors (Lipinski definition) is 2. The van der Waals surface area contributed by atoms with Gasteiger partial charge in [-0.1, -0.05) is 17.7 Å². The Kier molecular flexibility index (Phi) is 6.63. The third-order valence-electron chi connectivity index (χ3n) is 3.07. The number of halogens is 2. The summed E-state index contributed by atoms with van der Waals surface area (Å²) in [6.45, 7) is 1.87. The Morgan fingerprint density at radius 2 is 1.67 bits per heavy atom. The van der Waals surface area contributed by atoms with Gasteiger partial charge < -0.3 is 10.6 Å². The molecule has 126 valence electrons. The first kappa shape index (κ1) is 18.3. The molecule has 0 saturated heterocycles. The average molecular weight is 367 g/mol. The number of thioether (sulfide) groups is 1. The van der Waals surface area contributed by atoms with E-state index in [-0.39, 0.29) is 29.1 Å². The van der Waals surface area contributed by atoms with E-state index >= 15 is 0 Å². The molecule has 0 atom stereocenters. The molecule has 2 aromatic carbocycles. The summed E-state index contributed by atoms with van der Waals surface area (Å²) in [6.07, 6.45) is 0. The molecule has 0 aliphatic heterocycles. The molecule has 0 spiro atoms. The van der Waals surface area contributed by atoms with E-state index in [1.807, 2.05) is 13.0 Å². The zero-order valence-electron chi connectivity index (χ0n) is 12.9. The highest BCUT2D eigenvalue weighted by atomic mass is 35.5. The highest BCUT2D eigenvalue weighted by molar-refractivity contribution is 8.00. The maximum Gasteiger partial charge on any atom is 0.234 e. The Bertz CT molecular complexity index is 738. The van der Waals surface area contributed by atoms with Crippen molar-refractivity contribution in [3.8, 4) is 0 Å². The fourth-order valence-electron chi connectivity index (χ4n) is 1.88. The highest BCUT2D eigenvalue weighted by Crippen LogP contribution is 2.20. The van der Waals surface area contributed by atoms with Crippen molar-refractivity contribution < 1.29 is 14.0 Å². The number of nitrogens with one attached hydrogen (secondary N) is 2. The summed E-state index contributed by atoms with van der Waals surface area (Å²) in [4.78, 5) is 23.7. The number of rotatable bonds is 6. The van der Waals surface area contributed by atoms with Gasteiger partial charge in [0.05, 0.1) is 11.5 Å². The van der Waals surface area contributed by atoms with Gasteiger partial charge in [0.1, 0.15) is 5.82 Å². The first-order chi connectivity index (χ1) is 11.4. The normalized spacial score (nSPS) is 10.3. The summed E-state index contributed by atoms with van der Waals surface area (Å²) in [5, 5.41) is 5.94. The first-order valence-corrected chi connectivity index (χ1v) is 8.66. The minimum absolute atomic E-state index is 0.124. The number of amides is 2. The van der Waals surface area contributed by atoms with Crippen LogP contribution in [-0.2, 0) is 9.59 Å². The molecular weight excluding hydrogens is 351 g/mol. The fraction of sp³-hybridized carbons (Fsp3) is 0.176. The van der Waals surface area contributed by atoms with E-state index in [9.17, 15) is 14.0 Å². The van der Waals surface area contributed by atoms with E-state index in [1.165, 1.54) is 36.0 Å². The molecule has 2 amide bonds. The van der Waals surface area contributed by atoms with E-state index in [0.29, 0.717) is 16.4 Å². The molecule has 0 fully saturated rings. The SMILES string of the molecule is Cc1ccc(Cl)cc1NC(=O)CSCC(=O)Nc1ccc(F)cc1. The number of carbonyl (C=O) groups excluding carboxylic acids is 2. The Morgan fingerprint density at radius 3 is 2.33 bits per heavy atom. The zero-order valence-corrected chi connectivity index (χ0v) is 14.5. The van der Waals surface area contributed by atoms with Crippen molar-refractivity contribution in [1.29, 1.82) is 0 Å². The molecule has 2 aromatic rings. The Morgan fingerprint density at radius 1 is 1.04 bits per heavy atom. The van der Waals surface area contributed by atoms with E-state index < -0.39 is 0 Å². The molecule has 4 nitrogen and oxygen atoms in total. The van der Waals surface area contributed by atoms with Crippen molar-refractivity contribution in [3.05, 3.63) is 58.9 Å². The quantitative estimate of drug-likeness (QED) is 0.809. The maximum absolute atomic E-state index is 12.8. The Labute approximate surface area is 148 Å². The second-order valence-corrected chi connectivity index (χ2v) is 6.48. The van der Waals surface area contributed by atoms with Crippen molar-refractivity contribution in [2.45, 2.75) is 6.92 Å². The third kappa shape index (κ3) is 5.86. The third-order valence-corrected chi connectivity index (χ3v) is 4.24. The van der Waals surface area contributed by atoms with Crippen LogP contribution in [0.25, 0.3) is 0 Å². The molecule has 0 aromatic heterocycles. The van der Waals surface area contributed by atoms with Crippen LogP contribution in [0.2, 0.25) is 5.02 Å². The molecule has 0 heterocycles. The number of benzene rings is 2. The topological polar surface area (TPSA) is 58.2 Å². The Balaban J connectivity index is 1.75. The standard InChI is InChI=1S/C17H16ClFN2O2S/c1-11-2-3-12(18)8-15(11)21-17(23)10-24-9-16(22)20-14-6-4-13(19)5-7-14/h2-8H,9-10H2,1H3,(H,20,22)(H,21,23). The van der Waals surface area contributed by atoms with Gasteiger partial charge in [0.2, 0.25) is 11.8 Å². The second kappa shape index (κ2) is 8.70. The van der Waals surface area contributed by atoms with Gasteiger partial charge in [0.15, 0.2) is 0 Å². The number of anilines is 2. The lowest BCUT2D eigenvalue weighted by Gasteiger charge is -2.09. The van der Waals surface area contributed by atoms with Gasteiger partial charge in [-0.3, -0.25) is 9.59 Å². The van der Waals surface area contributed by atoms with Crippen molar-refractivity contribution in [3.63, 3.8) is 0 Å². The Hall–Kier alpha value is -2.05. The molecular formula is C17H16ClFN2O2S. The van der Waals surface area contributed by atoms with Crippen LogP contribution < -0.4 is 10.6 Å². The van der Waals surface area contributed by atoms with Crippen LogP contribution in [0.4, 0.5) is 15.8 Å². The summed E-state index contributed by atoms with van der Waals surface area (Å²) in [7, 11) is 0. The summed E-state index contributed by atoms with van der Waals surface area (Å²) in [5.74, 6) is -0.559. The minimum Gasteiger partial charge on any atom is -0.325 e. The first-order valence-electron chi connectivity index (χ1n) is 7.13. The van der Waals surface area contributed by atoms with Crippen molar-refractivity contribution in [2.75, 3.05) is 22.1 Å². The van der Waals surface area contributed by atoms with Gasteiger partial charge in [-0.25, -0.2) is 4.39 Å². The van der Waals surface area contributed by atoms with Gasteiger partial charge in [0.25, 0.3) is 0 Å². The minimum atomic E-state index is -0.365. The lowest BCUT2D eigenvalue weighted by atomic mass is 10.2. The summed E-state index contributed by atoms with van der Waals surface area (Å²) >= 11 is 7.09. The lowest BCUT2D eigenvalue weighted by Crippen LogP contribution is -2.18. The van der Waals surface area contributed by atoms with E-state index in [0.717, 1.165) is 5.56 Å². The van der Waals surface area contributed by atoms with Gasteiger partial charge in [-0.05, 0) is 48.9 Å². The molecule has 0 radical (unpaired) electrons. The highest BCUT2D eigenvalue weighted by Gasteiger charge is 2.08. The monoisotopic (exact) mass is 366 g/mol. The molecule has 24 heavy (non-hydrogen) atoms. The predicted molar refractivity (Wildman–Crippen MR) is 97.2 cm³/mol. The fourth-order valence-corrected chi connectivity index (χ4v) is 2.67. The molecule has 0 aliphatic carbocycles. The summed E-state index contributed by atoms with van der Waals surface area (Å²) in [6, 6.07) is 10.7. The van der Waals surface area contributed by atoms with E-state index in [2.05, 4.69) is 10.6 Å². The van der Waals surface area contributed by atoms with E-state index in [1.54, 1.807) is 12.1 Å². The smallest absolute Gasteiger partial charge is 0.234 e. The number of aryl methyl sites for hydroxylation is 1. The van der Waals surface area contributed by atoms with Crippen LogP contribution in [0.15, 0.2) is 42.5 Å². The van der Waals surface area contributed by atoms with Crippen LogP contribution in [0.5, 0.6) is 0 Å². The molecule has 0 unspecified atom stereocenters. The van der Waals surface area contributed by atoms with E-state index in [4.69, 9.17) is 11.6 Å². The molecule has 0 bridgehead atoms. The van der Waals surface area contributed by atoms with Crippen LogP contribution in [0, 0.1) is 12.7 Å². The van der Waals surface area contributed by atoms with Crippen LogP contribution >= 0.6 is 23.4 Å². The summed E-state index contributed by atoms with van der Waals surface area (Å²) in [5.41, 5.74) is 2.08. The maximum atomic E-state index is 12.8. The van der Waals surface area contributed by atoms with Crippen LogP contribution in [0.3, 0.4) is 0 Å². The van der Waals surface area contributed by atoms with Gasteiger partial charge in [-0.15, -0.1) is 11.8 Å².